The monoisotopic (exact) mass is 707 g/mol. The number of carbonyl (C=O) groups excluding carboxylic acids is 2. The predicted octanol–water partition coefficient (Wildman–Crippen LogP) is 8.31. The minimum absolute atomic E-state index is 0.00239. The Morgan fingerprint density at radius 1 is 0.812 bits per heavy atom. The van der Waals surface area contributed by atoms with Crippen molar-refractivity contribution in [2.24, 2.45) is 0 Å². The van der Waals surface area contributed by atoms with Gasteiger partial charge in [-0.25, -0.2) is 0 Å². The molecule has 0 aliphatic rings. The van der Waals surface area contributed by atoms with Crippen molar-refractivity contribution in [3.05, 3.63) is 113 Å². The lowest BCUT2D eigenvalue weighted by Gasteiger charge is -2.15. The van der Waals surface area contributed by atoms with Crippen molar-refractivity contribution in [3.63, 3.8) is 0 Å². The maximum Gasteiger partial charge on any atom is 0.416 e. The molecular formula is C33H27F6N3O4S2. The summed E-state index contributed by atoms with van der Waals surface area (Å²) in [6.07, 6.45) is -7.70. The van der Waals surface area contributed by atoms with Crippen LogP contribution in [0.4, 0.5) is 32.0 Å². The Bertz CT molecular complexity index is 1780. The van der Waals surface area contributed by atoms with Crippen LogP contribution < -0.4 is 10.6 Å². The first kappa shape index (κ1) is 36.3. The minimum Gasteiger partial charge on any atom is -0.481 e. The Balaban J connectivity index is 1.57. The number of amides is 2. The molecule has 252 valence electrons. The number of carboxylic acid groups (broad SMARTS) is 1. The molecule has 0 bridgehead atoms. The van der Waals surface area contributed by atoms with Crippen LogP contribution in [0.25, 0.3) is 11.3 Å². The molecule has 0 saturated heterocycles. The number of nitrogens with one attached hydrogen (secondary N) is 2. The zero-order valence-electron chi connectivity index (χ0n) is 24.8. The van der Waals surface area contributed by atoms with Gasteiger partial charge in [-0.1, -0.05) is 24.3 Å². The molecule has 0 radical (unpaired) electrons. The van der Waals surface area contributed by atoms with Crippen molar-refractivity contribution in [1.82, 2.24) is 10.3 Å². The number of hydrogen-bond acceptors (Lipinski definition) is 6. The van der Waals surface area contributed by atoms with Crippen molar-refractivity contribution < 1.29 is 45.8 Å². The lowest BCUT2D eigenvalue weighted by atomic mass is 10.1. The van der Waals surface area contributed by atoms with Gasteiger partial charge in [0.1, 0.15) is 0 Å². The fraction of sp³-hybridized carbons (Fsp3) is 0.212. The van der Waals surface area contributed by atoms with Crippen LogP contribution in [0.1, 0.15) is 43.8 Å². The Hall–Kier alpha value is -4.50. The van der Waals surface area contributed by atoms with Crippen molar-refractivity contribution in [3.8, 4) is 11.3 Å². The van der Waals surface area contributed by atoms with Gasteiger partial charge >= 0.3 is 18.3 Å². The van der Waals surface area contributed by atoms with Gasteiger partial charge in [0.25, 0.3) is 11.8 Å². The zero-order valence-corrected chi connectivity index (χ0v) is 26.5. The SMILES string of the molecule is O=C(O)CCSCc1cccc(C(=O)Nc2ccc(SCC(F)(F)F)cc2-c2cc(C(=O)NCc3cccc(C(F)(F)F)c3)ccn2)c1. The van der Waals surface area contributed by atoms with Gasteiger partial charge in [0.05, 0.1) is 29.1 Å². The number of rotatable bonds is 13. The maximum absolute atomic E-state index is 13.3. The van der Waals surface area contributed by atoms with E-state index in [1.165, 1.54) is 60.4 Å². The Labute approximate surface area is 279 Å². The molecule has 0 atom stereocenters. The molecule has 0 aliphatic carbocycles. The van der Waals surface area contributed by atoms with Crippen molar-refractivity contribution in [2.75, 3.05) is 16.8 Å². The lowest BCUT2D eigenvalue weighted by Crippen LogP contribution is -2.23. The van der Waals surface area contributed by atoms with Crippen molar-refractivity contribution >= 4 is 47.0 Å². The Kier molecular flexibility index (Phi) is 12.2. The van der Waals surface area contributed by atoms with Gasteiger partial charge in [-0.2, -0.15) is 38.1 Å². The molecular weight excluding hydrogens is 681 g/mol. The second-order valence-corrected chi connectivity index (χ2v) is 12.4. The maximum atomic E-state index is 13.3. The number of aromatic nitrogens is 1. The second-order valence-electron chi connectivity index (χ2n) is 10.3. The molecule has 0 saturated carbocycles. The highest BCUT2D eigenvalue weighted by atomic mass is 32.2. The third kappa shape index (κ3) is 11.0. The third-order valence-corrected chi connectivity index (χ3v) is 8.65. The van der Waals surface area contributed by atoms with Crippen LogP contribution in [-0.2, 0) is 23.3 Å². The highest BCUT2D eigenvalue weighted by Crippen LogP contribution is 2.35. The Morgan fingerprint density at radius 2 is 1.54 bits per heavy atom. The van der Waals surface area contributed by atoms with Gasteiger partial charge in [0, 0.05) is 45.8 Å². The summed E-state index contributed by atoms with van der Waals surface area (Å²) >= 11 is 1.92. The standard InChI is InChI=1S/C33H27F6N3O4S2/c34-32(35,36)19-48-25-7-8-27(42-31(46)22-5-1-4-21(13-22)18-47-12-10-29(43)44)26(16-25)28-15-23(9-11-40-28)30(45)41-17-20-3-2-6-24(14-20)33(37,38)39/h1-9,11,13-16H,10,12,17-19H2,(H,41,45)(H,42,46)(H,43,44). The first-order chi connectivity index (χ1) is 22.7. The molecule has 4 aromatic rings. The molecule has 15 heteroatoms. The number of benzene rings is 3. The summed E-state index contributed by atoms with van der Waals surface area (Å²) in [5.74, 6) is -2.38. The number of aliphatic carboxylic acids is 1. The van der Waals surface area contributed by atoms with E-state index in [2.05, 4.69) is 15.6 Å². The molecule has 1 aromatic heterocycles. The molecule has 2 amide bonds. The van der Waals surface area contributed by atoms with Crippen LogP contribution >= 0.6 is 23.5 Å². The van der Waals surface area contributed by atoms with Crippen LogP contribution in [0.2, 0.25) is 0 Å². The van der Waals surface area contributed by atoms with Crippen molar-refractivity contribution in [2.45, 2.75) is 36.0 Å². The molecule has 4 rings (SSSR count). The van der Waals surface area contributed by atoms with Gasteiger partial charge in [0.2, 0.25) is 0 Å². The van der Waals surface area contributed by atoms with E-state index in [4.69, 9.17) is 5.11 Å². The highest BCUT2D eigenvalue weighted by molar-refractivity contribution is 7.99. The topological polar surface area (TPSA) is 108 Å². The van der Waals surface area contributed by atoms with E-state index in [0.29, 0.717) is 23.3 Å². The number of nitrogens with zero attached hydrogens (tertiary/aromatic N) is 1. The van der Waals surface area contributed by atoms with Gasteiger partial charge < -0.3 is 15.7 Å². The largest absolute Gasteiger partial charge is 0.481 e. The number of carbonyl (C=O) groups is 3. The molecule has 0 aliphatic heterocycles. The highest BCUT2D eigenvalue weighted by Gasteiger charge is 2.30. The molecule has 3 aromatic carbocycles. The molecule has 1 heterocycles. The van der Waals surface area contributed by atoms with Crippen LogP contribution in [0.15, 0.2) is 90.0 Å². The third-order valence-electron chi connectivity index (χ3n) is 6.57. The number of hydrogen-bond donors (Lipinski definition) is 3. The fourth-order valence-electron chi connectivity index (χ4n) is 4.31. The average Bonchev–Trinajstić information content (AvgIpc) is 3.04. The van der Waals surface area contributed by atoms with E-state index < -0.39 is 41.5 Å². The Morgan fingerprint density at radius 3 is 2.27 bits per heavy atom. The number of alkyl halides is 6. The van der Waals surface area contributed by atoms with Crippen molar-refractivity contribution in [1.29, 1.82) is 0 Å². The van der Waals surface area contributed by atoms with E-state index in [0.717, 1.165) is 17.7 Å². The van der Waals surface area contributed by atoms with E-state index in [-0.39, 0.29) is 51.5 Å². The summed E-state index contributed by atoms with van der Waals surface area (Å²) in [5.41, 5.74) is 1.07. The van der Waals surface area contributed by atoms with Crippen LogP contribution in [0.3, 0.4) is 0 Å². The van der Waals surface area contributed by atoms with E-state index in [1.54, 1.807) is 24.3 Å². The zero-order chi connectivity index (χ0) is 34.9. The molecule has 0 unspecified atom stereocenters. The average molecular weight is 708 g/mol. The summed E-state index contributed by atoms with van der Waals surface area (Å²) in [4.78, 5) is 41.5. The summed E-state index contributed by atoms with van der Waals surface area (Å²) in [5, 5.41) is 14.1. The lowest BCUT2D eigenvalue weighted by molar-refractivity contribution is -0.138. The van der Waals surface area contributed by atoms with Crippen LogP contribution in [0, 0.1) is 0 Å². The predicted molar refractivity (Wildman–Crippen MR) is 172 cm³/mol. The van der Waals surface area contributed by atoms with Crippen LogP contribution in [0.5, 0.6) is 0 Å². The van der Waals surface area contributed by atoms with Gasteiger partial charge in [0.15, 0.2) is 0 Å². The van der Waals surface area contributed by atoms with Gasteiger partial charge in [-0.3, -0.25) is 19.4 Å². The molecule has 0 fully saturated rings. The van der Waals surface area contributed by atoms with Crippen LogP contribution in [-0.4, -0.2) is 45.6 Å². The van der Waals surface area contributed by atoms with E-state index >= 15 is 0 Å². The number of pyridine rings is 1. The minimum atomic E-state index is -4.55. The molecule has 48 heavy (non-hydrogen) atoms. The summed E-state index contributed by atoms with van der Waals surface area (Å²) < 4.78 is 78.2. The van der Waals surface area contributed by atoms with Gasteiger partial charge in [-0.15, -0.1) is 11.8 Å². The second kappa shape index (κ2) is 16.1. The quantitative estimate of drug-likeness (QED) is 0.0729. The summed E-state index contributed by atoms with van der Waals surface area (Å²) in [6, 6.07) is 18.1. The van der Waals surface area contributed by atoms with Gasteiger partial charge in [-0.05, 0) is 65.7 Å². The normalized spacial score (nSPS) is 11.6. The molecule has 7 nitrogen and oxygen atoms in total. The number of thioether (sulfide) groups is 2. The smallest absolute Gasteiger partial charge is 0.416 e. The number of halogens is 6. The van der Waals surface area contributed by atoms with E-state index in [9.17, 15) is 40.7 Å². The fourth-order valence-corrected chi connectivity index (χ4v) is 5.88. The molecule has 0 spiro atoms. The number of carboxylic acids is 1. The first-order valence-electron chi connectivity index (χ1n) is 14.1. The summed E-state index contributed by atoms with van der Waals surface area (Å²) in [6.45, 7) is -0.206. The molecule has 3 N–H and O–H groups in total. The first-order valence-corrected chi connectivity index (χ1v) is 16.3. The van der Waals surface area contributed by atoms with E-state index in [1.807, 2.05) is 0 Å². The number of anilines is 1. The summed E-state index contributed by atoms with van der Waals surface area (Å²) in [7, 11) is 0.